The van der Waals surface area contributed by atoms with Crippen LogP contribution in [0.5, 0.6) is 0 Å². The zero-order valence-corrected chi connectivity index (χ0v) is 9.98. The minimum atomic E-state index is -4.23. The molecule has 1 aromatic rings. The van der Waals surface area contributed by atoms with Gasteiger partial charge in [0.1, 0.15) is 0 Å². The maximum absolute atomic E-state index is 12.3. The van der Waals surface area contributed by atoms with Crippen LogP contribution in [0.15, 0.2) is 24.3 Å². The van der Waals surface area contributed by atoms with Gasteiger partial charge in [-0.2, -0.15) is 13.2 Å². The molecule has 0 aliphatic heterocycles. The second-order valence-corrected chi connectivity index (χ2v) is 4.01. The Morgan fingerprint density at radius 2 is 1.71 bits per heavy atom. The first-order chi connectivity index (χ1) is 8.04. The average Bonchev–Trinajstić information content (AvgIpc) is 2.28. The minimum absolute atomic E-state index is 0.575. The zero-order valence-electron chi connectivity index (χ0n) is 9.98. The number of alkyl halides is 3. The van der Waals surface area contributed by atoms with Gasteiger partial charge < -0.3 is 5.32 Å². The molecule has 17 heavy (non-hydrogen) atoms. The van der Waals surface area contributed by atoms with Crippen LogP contribution in [0.4, 0.5) is 13.2 Å². The standard InChI is InChI=1S/C13H18F3N/c1-2-17-10-4-3-5-11-6-8-12(9-7-11)13(14,15)16/h6-9,17H,2-5,10H2,1H3. The number of benzene rings is 1. The highest BCUT2D eigenvalue weighted by Crippen LogP contribution is 2.29. The second-order valence-electron chi connectivity index (χ2n) is 4.01. The summed E-state index contributed by atoms with van der Waals surface area (Å²) in [5.74, 6) is 0. The Balaban J connectivity index is 2.36. The topological polar surface area (TPSA) is 12.0 Å². The third-order valence-corrected chi connectivity index (χ3v) is 2.60. The van der Waals surface area contributed by atoms with Gasteiger partial charge in [-0.05, 0) is 50.0 Å². The lowest BCUT2D eigenvalue weighted by molar-refractivity contribution is -0.137. The zero-order chi connectivity index (χ0) is 12.7. The van der Waals surface area contributed by atoms with Crippen LogP contribution in [-0.4, -0.2) is 13.1 Å². The van der Waals surface area contributed by atoms with E-state index in [1.807, 2.05) is 0 Å². The molecule has 0 unspecified atom stereocenters. The van der Waals surface area contributed by atoms with Gasteiger partial charge in [0.05, 0.1) is 5.56 Å². The van der Waals surface area contributed by atoms with E-state index in [1.54, 1.807) is 12.1 Å². The predicted octanol–water partition coefficient (Wildman–Crippen LogP) is 3.64. The monoisotopic (exact) mass is 245 g/mol. The molecule has 0 fully saturated rings. The Labute approximate surface area is 100 Å². The average molecular weight is 245 g/mol. The van der Waals surface area contributed by atoms with Crippen molar-refractivity contribution >= 4 is 0 Å². The van der Waals surface area contributed by atoms with E-state index in [0.717, 1.165) is 50.0 Å². The van der Waals surface area contributed by atoms with Crippen molar-refractivity contribution in [1.29, 1.82) is 0 Å². The van der Waals surface area contributed by atoms with Gasteiger partial charge in [0, 0.05) is 0 Å². The largest absolute Gasteiger partial charge is 0.416 e. The summed E-state index contributed by atoms with van der Waals surface area (Å²) in [6.07, 6.45) is -1.35. The van der Waals surface area contributed by atoms with E-state index in [4.69, 9.17) is 0 Å². The summed E-state index contributed by atoms with van der Waals surface area (Å²) in [5.41, 5.74) is 0.392. The molecular weight excluding hydrogens is 227 g/mol. The van der Waals surface area contributed by atoms with Crippen molar-refractivity contribution < 1.29 is 13.2 Å². The van der Waals surface area contributed by atoms with E-state index in [0.29, 0.717) is 0 Å². The van der Waals surface area contributed by atoms with Gasteiger partial charge in [0.15, 0.2) is 0 Å². The molecule has 1 aromatic carbocycles. The molecule has 0 atom stereocenters. The van der Waals surface area contributed by atoms with E-state index >= 15 is 0 Å². The molecule has 1 nitrogen and oxygen atoms in total. The van der Waals surface area contributed by atoms with Crippen LogP contribution in [0, 0.1) is 0 Å². The molecule has 0 saturated heterocycles. The third-order valence-electron chi connectivity index (χ3n) is 2.60. The van der Waals surface area contributed by atoms with E-state index < -0.39 is 11.7 Å². The number of hydrogen-bond donors (Lipinski definition) is 1. The van der Waals surface area contributed by atoms with E-state index in [2.05, 4.69) is 12.2 Å². The van der Waals surface area contributed by atoms with Crippen molar-refractivity contribution in [3.63, 3.8) is 0 Å². The summed E-state index contributed by atoms with van der Waals surface area (Å²) in [7, 11) is 0. The number of aryl methyl sites for hydroxylation is 1. The predicted molar refractivity (Wildman–Crippen MR) is 62.9 cm³/mol. The molecule has 96 valence electrons. The van der Waals surface area contributed by atoms with Gasteiger partial charge in [0.25, 0.3) is 0 Å². The van der Waals surface area contributed by atoms with Crippen molar-refractivity contribution in [1.82, 2.24) is 5.32 Å². The number of hydrogen-bond acceptors (Lipinski definition) is 1. The lowest BCUT2D eigenvalue weighted by Gasteiger charge is -2.07. The SMILES string of the molecule is CCNCCCCc1ccc(C(F)(F)F)cc1. The summed E-state index contributed by atoms with van der Waals surface area (Å²) < 4.78 is 36.9. The Kier molecular flexibility index (Phi) is 5.48. The van der Waals surface area contributed by atoms with Crippen LogP contribution in [0.1, 0.15) is 30.9 Å². The van der Waals surface area contributed by atoms with Crippen molar-refractivity contribution in [2.45, 2.75) is 32.4 Å². The first kappa shape index (κ1) is 14.0. The first-order valence-corrected chi connectivity index (χ1v) is 5.91. The molecule has 0 amide bonds. The van der Waals surface area contributed by atoms with Gasteiger partial charge in [-0.1, -0.05) is 19.1 Å². The maximum Gasteiger partial charge on any atom is 0.416 e. The molecule has 1 N–H and O–H groups in total. The molecular formula is C13H18F3N. The molecule has 0 aromatic heterocycles. The lowest BCUT2D eigenvalue weighted by Crippen LogP contribution is -2.13. The number of nitrogens with one attached hydrogen (secondary N) is 1. The van der Waals surface area contributed by atoms with Gasteiger partial charge in [-0.3, -0.25) is 0 Å². The summed E-state index contributed by atoms with van der Waals surface area (Å²) in [6.45, 7) is 3.98. The molecule has 0 aliphatic rings. The number of unbranched alkanes of at least 4 members (excludes halogenated alkanes) is 1. The number of halogens is 3. The van der Waals surface area contributed by atoms with Gasteiger partial charge >= 0.3 is 6.18 Å². The Bertz CT molecular complexity index is 316. The van der Waals surface area contributed by atoms with Crippen LogP contribution < -0.4 is 5.32 Å². The normalized spacial score (nSPS) is 11.8. The van der Waals surface area contributed by atoms with Gasteiger partial charge in [-0.25, -0.2) is 0 Å². The molecule has 0 aliphatic carbocycles. The summed E-state index contributed by atoms with van der Waals surface area (Å²) in [4.78, 5) is 0. The highest BCUT2D eigenvalue weighted by molar-refractivity contribution is 5.24. The van der Waals surface area contributed by atoms with Crippen LogP contribution in [0.25, 0.3) is 0 Å². The second kappa shape index (κ2) is 6.64. The van der Waals surface area contributed by atoms with Gasteiger partial charge in [0.2, 0.25) is 0 Å². The molecule has 1 rings (SSSR count). The summed E-state index contributed by atoms with van der Waals surface area (Å²) in [6, 6.07) is 5.44. The molecule has 0 heterocycles. The quantitative estimate of drug-likeness (QED) is 0.754. The highest BCUT2D eigenvalue weighted by atomic mass is 19.4. The molecule has 0 spiro atoms. The van der Waals surface area contributed by atoms with Crippen molar-refractivity contribution in [3.05, 3.63) is 35.4 Å². The van der Waals surface area contributed by atoms with Crippen molar-refractivity contribution in [3.8, 4) is 0 Å². The van der Waals surface area contributed by atoms with Crippen LogP contribution >= 0.6 is 0 Å². The summed E-state index contributed by atoms with van der Waals surface area (Å²) >= 11 is 0. The van der Waals surface area contributed by atoms with Crippen LogP contribution in [0.3, 0.4) is 0 Å². The van der Waals surface area contributed by atoms with Gasteiger partial charge in [-0.15, -0.1) is 0 Å². The third kappa shape index (κ3) is 5.22. The van der Waals surface area contributed by atoms with Crippen LogP contribution in [0.2, 0.25) is 0 Å². The Hall–Kier alpha value is -1.03. The fourth-order valence-corrected chi connectivity index (χ4v) is 1.62. The smallest absolute Gasteiger partial charge is 0.317 e. The Morgan fingerprint density at radius 3 is 2.24 bits per heavy atom. The Morgan fingerprint density at radius 1 is 1.06 bits per heavy atom. The van der Waals surface area contributed by atoms with E-state index in [-0.39, 0.29) is 0 Å². The van der Waals surface area contributed by atoms with E-state index in [9.17, 15) is 13.2 Å². The lowest BCUT2D eigenvalue weighted by atomic mass is 10.1. The van der Waals surface area contributed by atoms with Crippen LogP contribution in [-0.2, 0) is 12.6 Å². The molecule has 0 radical (unpaired) electrons. The highest BCUT2D eigenvalue weighted by Gasteiger charge is 2.29. The first-order valence-electron chi connectivity index (χ1n) is 5.91. The van der Waals surface area contributed by atoms with Crippen molar-refractivity contribution in [2.24, 2.45) is 0 Å². The molecule has 4 heteroatoms. The maximum atomic E-state index is 12.3. The summed E-state index contributed by atoms with van der Waals surface area (Å²) in [5, 5.41) is 3.21. The fourth-order valence-electron chi connectivity index (χ4n) is 1.62. The molecule has 0 bridgehead atoms. The van der Waals surface area contributed by atoms with Crippen molar-refractivity contribution in [2.75, 3.05) is 13.1 Å². The number of rotatable bonds is 6. The minimum Gasteiger partial charge on any atom is -0.317 e. The van der Waals surface area contributed by atoms with E-state index in [1.165, 1.54) is 0 Å². The fraction of sp³-hybridized carbons (Fsp3) is 0.538. The molecule has 0 saturated carbocycles.